The number of aliphatic hydroxyl groups is 1. The van der Waals surface area contributed by atoms with Gasteiger partial charge in [0.15, 0.2) is 0 Å². The zero-order valence-electron chi connectivity index (χ0n) is 9.94. The van der Waals surface area contributed by atoms with Gasteiger partial charge in [-0.3, -0.25) is 0 Å². The van der Waals surface area contributed by atoms with Crippen molar-refractivity contribution >= 4 is 11.6 Å². The summed E-state index contributed by atoms with van der Waals surface area (Å²) in [5.74, 6) is 0. The van der Waals surface area contributed by atoms with Crippen LogP contribution in [0.5, 0.6) is 0 Å². The fourth-order valence-corrected chi connectivity index (χ4v) is 2.11. The lowest BCUT2D eigenvalue weighted by Gasteiger charge is -2.05. The Kier molecular flexibility index (Phi) is 3.50. The van der Waals surface area contributed by atoms with Crippen LogP contribution in [0.25, 0.3) is 5.69 Å². The first-order valence-corrected chi connectivity index (χ1v) is 5.93. The molecule has 90 valence electrons. The van der Waals surface area contributed by atoms with Gasteiger partial charge in [0.25, 0.3) is 0 Å². The molecule has 0 aliphatic carbocycles. The molecule has 3 nitrogen and oxygen atoms in total. The summed E-state index contributed by atoms with van der Waals surface area (Å²) in [6.07, 6.45) is 0.644. The molecule has 1 aromatic heterocycles. The average molecular weight is 251 g/mol. The third-order valence-electron chi connectivity index (χ3n) is 2.87. The molecule has 0 aliphatic heterocycles. The van der Waals surface area contributed by atoms with Crippen LogP contribution in [-0.2, 0) is 6.42 Å². The predicted octanol–water partition coefficient (Wildman–Crippen LogP) is 2.68. The first kappa shape index (κ1) is 12.1. The monoisotopic (exact) mass is 250 g/mol. The van der Waals surface area contributed by atoms with Crippen LogP contribution in [0.15, 0.2) is 24.3 Å². The van der Waals surface area contributed by atoms with Crippen molar-refractivity contribution in [1.29, 1.82) is 0 Å². The minimum absolute atomic E-state index is 0.147. The van der Waals surface area contributed by atoms with Gasteiger partial charge in [0, 0.05) is 17.3 Å². The molecule has 0 spiro atoms. The Morgan fingerprint density at radius 2 is 1.88 bits per heavy atom. The lowest BCUT2D eigenvalue weighted by atomic mass is 10.1. The number of hydrogen-bond acceptors (Lipinski definition) is 2. The Bertz CT molecular complexity index is 517. The van der Waals surface area contributed by atoms with Crippen LogP contribution in [0.2, 0.25) is 5.02 Å². The number of rotatable bonds is 3. The fourth-order valence-electron chi connectivity index (χ4n) is 1.98. The minimum Gasteiger partial charge on any atom is -0.396 e. The largest absolute Gasteiger partial charge is 0.396 e. The van der Waals surface area contributed by atoms with E-state index in [4.69, 9.17) is 16.7 Å². The van der Waals surface area contributed by atoms with Crippen molar-refractivity contribution < 1.29 is 5.11 Å². The van der Waals surface area contributed by atoms with E-state index in [0.29, 0.717) is 11.4 Å². The van der Waals surface area contributed by atoms with Crippen molar-refractivity contribution in [3.05, 3.63) is 46.2 Å². The fraction of sp³-hybridized carbons (Fsp3) is 0.308. The van der Waals surface area contributed by atoms with Crippen LogP contribution < -0.4 is 0 Å². The van der Waals surface area contributed by atoms with Crippen molar-refractivity contribution in [2.45, 2.75) is 20.3 Å². The van der Waals surface area contributed by atoms with E-state index in [1.165, 1.54) is 0 Å². The Balaban J connectivity index is 2.46. The zero-order chi connectivity index (χ0) is 12.4. The second-order valence-electron chi connectivity index (χ2n) is 4.01. The second kappa shape index (κ2) is 4.90. The number of aryl methyl sites for hydroxylation is 1. The average Bonchev–Trinajstić information content (AvgIpc) is 2.59. The van der Waals surface area contributed by atoms with Gasteiger partial charge in [-0.1, -0.05) is 11.6 Å². The first-order chi connectivity index (χ1) is 8.13. The molecule has 0 unspecified atom stereocenters. The predicted molar refractivity (Wildman–Crippen MR) is 68.8 cm³/mol. The molecule has 0 atom stereocenters. The SMILES string of the molecule is Cc1nn(-c2ccc(Cl)cc2)c(C)c1CCO. The quantitative estimate of drug-likeness (QED) is 0.910. The third-order valence-corrected chi connectivity index (χ3v) is 3.13. The van der Waals surface area contributed by atoms with Gasteiger partial charge in [-0.25, -0.2) is 4.68 Å². The van der Waals surface area contributed by atoms with Crippen molar-refractivity contribution in [2.75, 3.05) is 6.61 Å². The van der Waals surface area contributed by atoms with Gasteiger partial charge in [0.2, 0.25) is 0 Å². The van der Waals surface area contributed by atoms with Crippen LogP contribution in [-0.4, -0.2) is 21.5 Å². The maximum absolute atomic E-state index is 9.03. The Hall–Kier alpha value is -1.32. The summed E-state index contributed by atoms with van der Waals surface area (Å²) in [5.41, 5.74) is 4.13. The molecule has 0 aliphatic rings. The smallest absolute Gasteiger partial charge is 0.0649 e. The molecule has 4 heteroatoms. The van der Waals surface area contributed by atoms with E-state index in [1.807, 2.05) is 42.8 Å². The van der Waals surface area contributed by atoms with Gasteiger partial charge >= 0.3 is 0 Å². The molecule has 0 fully saturated rings. The molecule has 2 rings (SSSR count). The van der Waals surface area contributed by atoms with Crippen LogP contribution in [0.1, 0.15) is 17.0 Å². The lowest BCUT2D eigenvalue weighted by Crippen LogP contribution is -2.00. The molecular weight excluding hydrogens is 236 g/mol. The van der Waals surface area contributed by atoms with Gasteiger partial charge in [-0.05, 0) is 50.1 Å². The molecule has 0 radical (unpaired) electrons. The Labute approximate surface area is 106 Å². The normalized spacial score (nSPS) is 10.8. The van der Waals surface area contributed by atoms with E-state index in [2.05, 4.69) is 5.10 Å². The summed E-state index contributed by atoms with van der Waals surface area (Å²) >= 11 is 5.86. The highest BCUT2D eigenvalue weighted by Gasteiger charge is 2.11. The van der Waals surface area contributed by atoms with Crippen molar-refractivity contribution in [3.8, 4) is 5.69 Å². The van der Waals surface area contributed by atoms with Crippen LogP contribution >= 0.6 is 11.6 Å². The molecule has 1 heterocycles. The number of benzene rings is 1. The molecule has 0 saturated heterocycles. The number of aromatic nitrogens is 2. The van der Waals surface area contributed by atoms with Crippen LogP contribution in [0.3, 0.4) is 0 Å². The number of nitrogens with zero attached hydrogens (tertiary/aromatic N) is 2. The Morgan fingerprint density at radius 1 is 1.24 bits per heavy atom. The summed E-state index contributed by atoms with van der Waals surface area (Å²) in [6.45, 7) is 4.12. The number of halogens is 1. The van der Waals surface area contributed by atoms with E-state index in [0.717, 1.165) is 22.6 Å². The van der Waals surface area contributed by atoms with E-state index >= 15 is 0 Å². The summed E-state index contributed by atoms with van der Waals surface area (Å²) < 4.78 is 1.89. The van der Waals surface area contributed by atoms with Gasteiger partial charge in [-0.2, -0.15) is 5.10 Å². The number of hydrogen-bond donors (Lipinski definition) is 1. The third kappa shape index (κ3) is 2.35. The highest BCUT2D eigenvalue weighted by molar-refractivity contribution is 6.30. The summed E-state index contributed by atoms with van der Waals surface area (Å²) in [7, 11) is 0. The minimum atomic E-state index is 0.147. The van der Waals surface area contributed by atoms with Crippen molar-refractivity contribution in [1.82, 2.24) is 9.78 Å². The maximum atomic E-state index is 9.03. The van der Waals surface area contributed by atoms with Crippen LogP contribution in [0.4, 0.5) is 0 Å². The van der Waals surface area contributed by atoms with Crippen molar-refractivity contribution in [3.63, 3.8) is 0 Å². The molecule has 1 N–H and O–H groups in total. The highest BCUT2D eigenvalue weighted by Crippen LogP contribution is 2.19. The molecule has 1 aromatic carbocycles. The van der Waals surface area contributed by atoms with E-state index in [-0.39, 0.29) is 6.61 Å². The topological polar surface area (TPSA) is 38.0 Å². The van der Waals surface area contributed by atoms with Gasteiger partial charge in [-0.15, -0.1) is 0 Å². The van der Waals surface area contributed by atoms with Gasteiger partial charge in [0.1, 0.15) is 0 Å². The van der Waals surface area contributed by atoms with Crippen LogP contribution in [0, 0.1) is 13.8 Å². The molecule has 0 saturated carbocycles. The second-order valence-corrected chi connectivity index (χ2v) is 4.45. The summed E-state index contributed by atoms with van der Waals surface area (Å²) in [4.78, 5) is 0. The van der Waals surface area contributed by atoms with E-state index < -0.39 is 0 Å². The zero-order valence-corrected chi connectivity index (χ0v) is 10.7. The number of aliphatic hydroxyl groups excluding tert-OH is 1. The molecule has 0 bridgehead atoms. The van der Waals surface area contributed by atoms with Crippen molar-refractivity contribution in [2.24, 2.45) is 0 Å². The standard InChI is InChI=1S/C13H15ClN2O/c1-9-13(7-8-17)10(2)16(15-9)12-5-3-11(14)4-6-12/h3-6,17H,7-8H2,1-2H3. The summed E-state index contributed by atoms with van der Waals surface area (Å²) in [5, 5.41) is 14.2. The lowest BCUT2D eigenvalue weighted by molar-refractivity contribution is 0.299. The van der Waals surface area contributed by atoms with E-state index in [9.17, 15) is 0 Å². The molecular formula is C13H15ClN2O. The molecule has 0 amide bonds. The molecule has 2 aromatic rings. The highest BCUT2D eigenvalue weighted by atomic mass is 35.5. The van der Waals surface area contributed by atoms with Gasteiger partial charge < -0.3 is 5.11 Å². The maximum Gasteiger partial charge on any atom is 0.0649 e. The summed E-state index contributed by atoms with van der Waals surface area (Å²) in [6, 6.07) is 7.56. The van der Waals surface area contributed by atoms with Gasteiger partial charge in [0.05, 0.1) is 11.4 Å². The first-order valence-electron chi connectivity index (χ1n) is 5.55. The Morgan fingerprint density at radius 3 is 2.47 bits per heavy atom. The molecule has 17 heavy (non-hydrogen) atoms. The van der Waals surface area contributed by atoms with E-state index in [1.54, 1.807) is 0 Å².